The van der Waals surface area contributed by atoms with Gasteiger partial charge >= 0.3 is 0 Å². The summed E-state index contributed by atoms with van der Waals surface area (Å²) in [4.78, 5) is 30.1. The first-order chi connectivity index (χ1) is 16.6. The van der Waals surface area contributed by atoms with Gasteiger partial charge in [-0.1, -0.05) is 42.5 Å². The van der Waals surface area contributed by atoms with Crippen LogP contribution in [0, 0.1) is 6.92 Å². The maximum atomic E-state index is 13.2. The Balaban J connectivity index is 1.39. The molecule has 0 atom stereocenters. The number of rotatable bonds is 6. The van der Waals surface area contributed by atoms with Crippen molar-refractivity contribution in [3.63, 3.8) is 0 Å². The number of benzene rings is 3. The predicted octanol–water partition coefficient (Wildman–Crippen LogP) is 5.91. The lowest BCUT2D eigenvalue weighted by atomic mass is 10.0. The van der Waals surface area contributed by atoms with Gasteiger partial charge in [0.05, 0.1) is 22.4 Å². The van der Waals surface area contributed by atoms with E-state index in [1.54, 1.807) is 64.7 Å². The van der Waals surface area contributed by atoms with Gasteiger partial charge in [0.1, 0.15) is 0 Å². The molecule has 0 spiro atoms. The van der Waals surface area contributed by atoms with Crippen LogP contribution in [0.25, 0.3) is 23.2 Å². The Bertz CT molecular complexity index is 1530. The summed E-state index contributed by atoms with van der Waals surface area (Å²) in [5, 5.41) is 11.2. The molecule has 0 bridgehead atoms. The SMILES string of the molecule is Cc1nc(C=Cn2ncc3ccc(C(=O)c4cccc(NC(=O)c5ccccc5)c4)cc32)cs1. The Morgan fingerprint density at radius 3 is 2.53 bits per heavy atom. The average molecular weight is 465 g/mol. The highest BCUT2D eigenvalue weighted by molar-refractivity contribution is 7.09. The number of carbonyl (C=O) groups is 2. The van der Waals surface area contributed by atoms with E-state index in [1.165, 1.54) is 0 Å². The first-order valence-electron chi connectivity index (χ1n) is 10.7. The van der Waals surface area contributed by atoms with Crippen LogP contribution in [0.2, 0.25) is 0 Å². The summed E-state index contributed by atoms with van der Waals surface area (Å²) in [6.45, 7) is 1.96. The first kappa shape index (κ1) is 21.5. The Labute approximate surface area is 200 Å². The molecule has 0 radical (unpaired) electrons. The third-order valence-electron chi connectivity index (χ3n) is 5.30. The molecule has 0 aliphatic carbocycles. The van der Waals surface area contributed by atoms with Crippen molar-refractivity contribution >= 4 is 51.9 Å². The molecule has 3 aromatic carbocycles. The molecule has 0 saturated heterocycles. The van der Waals surface area contributed by atoms with Crippen LogP contribution in [0.3, 0.4) is 0 Å². The van der Waals surface area contributed by atoms with Gasteiger partial charge in [-0.25, -0.2) is 9.67 Å². The number of anilines is 1. The van der Waals surface area contributed by atoms with E-state index in [0.29, 0.717) is 22.4 Å². The highest BCUT2D eigenvalue weighted by Crippen LogP contribution is 2.21. The second-order valence-electron chi connectivity index (χ2n) is 7.70. The monoisotopic (exact) mass is 464 g/mol. The summed E-state index contributed by atoms with van der Waals surface area (Å²) >= 11 is 1.59. The van der Waals surface area contributed by atoms with Crippen LogP contribution in [0.1, 0.15) is 37.0 Å². The average Bonchev–Trinajstić information content (AvgIpc) is 3.48. The van der Waals surface area contributed by atoms with Gasteiger partial charge in [-0.15, -0.1) is 11.3 Å². The topological polar surface area (TPSA) is 76.9 Å². The third kappa shape index (κ3) is 4.55. The van der Waals surface area contributed by atoms with Crippen molar-refractivity contribution in [2.45, 2.75) is 6.92 Å². The van der Waals surface area contributed by atoms with Crippen molar-refractivity contribution in [3.8, 4) is 0 Å². The van der Waals surface area contributed by atoms with E-state index < -0.39 is 0 Å². The number of thiazole rings is 1. The number of nitrogens with one attached hydrogen (secondary N) is 1. The number of amides is 1. The normalized spacial score (nSPS) is 11.2. The lowest BCUT2D eigenvalue weighted by molar-refractivity contribution is 0.102. The van der Waals surface area contributed by atoms with Crippen molar-refractivity contribution in [1.82, 2.24) is 14.8 Å². The largest absolute Gasteiger partial charge is 0.322 e. The van der Waals surface area contributed by atoms with E-state index in [9.17, 15) is 9.59 Å². The molecule has 7 heteroatoms. The van der Waals surface area contributed by atoms with Gasteiger partial charge in [-0.2, -0.15) is 5.10 Å². The van der Waals surface area contributed by atoms with Gasteiger partial charge in [0.15, 0.2) is 5.78 Å². The number of nitrogens with zero attached hydrogens (tertiary/aromatic N) is 3. The van der Waals surface area contributed by atoms with Crippen LogP contribution in [-0.2, 0) is 0 Å². The van der Waals surface area contributed by atoms with Crippen LogP contribution in [0.15, 0.2) is 84.4 Å². The molecule has 1 amide bonds. The summed E-state index contributed by atoms with van der Waals surface area (Å²) < 4.78 is 1.73. The van der Waals surface area contributed by atoms with Crippen LogP contribution in [-0.4, -0.2) is 26.5 Å². The minimum absolute atomic E-state index is 0.135. The standard InChI is InChI=1S/C27H20N4O2S/c1-18-29-24(17-34-18)12-13-31-25-15-21(10-11-22(25)16-28-31)26(32)20-8-5-9-23(14-20)30-27(33)19-6-3-2-4-7-19/h2-17H,1H3,(H,30,33). The van der Waals surface area contributed by atoms with Crippen molar-refractivity contribution in [2.75, 3.05) is 5.32 Å². The summed E-state index contributed by atoms with van der Waals surface area (Å²) in [6, 6.07) is 21.4. The lowest BCUT2D eigenvalue weighted by Crippen LogP contribution is -2.12. The summed E-state index contributed by atoms with van der Waals surface area (Å²) in [5.41, 5.74) is 3.84. The van der Waals surface area contributed by atoms with Crippen LogP contribution in [0.4, 0.5) is 5.69 Å². The molecular weight excluding hydrogens is 444 g/mol. The third-order valence-corrected chi connectivity index (χ3v) is 6.09. The predicted molar refractivity (Wildman–Crippen MR) is 136 cm³/mol. The molecule has 2 heterocycles. The van der Waals surface area contributed by atoms with Crippen molar-refractivity contribution in [1.29, 1.82) is 0 Å². The zero-order valence-corrected chi connectivity index (χ0v) is 19.1. The fraction of sp³-hybridized carbons (Fsp3) is 0.0370. The Kier molecular flexibility index (Phi) is 5.84. The molecule has 5 rings (SSSR count). The van der Waals surface area contributed by atoms with E-state index in [-0.39, 0.29) is 11.7 Å². The van der Waals surface area contributed by atoms with E-state index in [4.69, 9.17) is 0 Å². The maximum absolute atomic E-state index is 13.2. The van der Waals surface area contributed by atoms with Gasteiger partial charge in [-0.05, 0) is 43.3 Å². The number of hydrogen-bond acceptors (Lipinski definition) is 5. The van der Waals surface area contributed by atoms with E-state index in [2.05, 4.69) is 15.4 Å². The summed E-state index contributed by atoms with van der Waals surface area (Å²) in [7, 11) is 0. The number of aryl methyl sites for hydroxylation is 1. The van der Waals surface area contributed by atoms with Gasteiger partial charge in [0.25, 0.3) is 5.91 Å². The molecule has 0 aliphatic heterocycles. The van der Waals surface area contributed by atoms with Gasteiger partial charge in [0, 0.05) is 39.3 Å². The smallest absolute Gasteiger partial charge is 0.255 e. The van der Waals surface area contributed by atoms with Gasteiger partial charge in [-0.3, -0.25) is 9.59 Å². The van der Waals surface area contributed by atoms with Gasteiger partial charge < -0.3 is 5.32 Å². The lowest BCUT2D eigenvalue weighted by Gasteiger charge is -2.08. The second kappa shape index (κ2) is 9.25. The summed E-state index contributed by atoms with van der Waals surface area (Å²) in [6.07, 6.45) is 5.49. The molecular formula is C27H20N4O2S. The Hall–Kier alpha value is -4.36. The van der Waals surface area contributed by atoms with E-state index >= 15 is 0 Å². The Morgan fingerprint density at radius 2 is 1.74 bits per heavy atom. The highest BCUT2D eigenvalue weighted by Gasteiger charge is 2.13. The minimum Gasteiger partial charge on any atom is -0.322 e. The van der Waals surface area contributed by atoms with Crippen LogP contribution in [0.5, 0.6) is 0 Å². The second-order valence-corrected chi connectivity index (χ2v) is 8.76. The molecule has 0 aliphatic rings. The molecule has 6 nitrogen and oxygen atoms in total. The molecule has 2 aromatic heterocycles. The van der Waals surface area contributed by atoms with Crippen molar-refractivity contribution in [2.24, 2.45) is 0 Å². The minimum atomic E-state index is -0.224. The maximum Gasteiger partial charge on any atom is 0.255 e. The number of hydrogen-bond donors (Lipinski definition) is 1. The molecule has 166 valence electrons. The molecule has 0 unspecified atom stereocenters. The quantitative estimate of drug-likeness (QED) is 0.317. The fourth-order valence-corrected chi connectivity index (χ4v) is 4.18. The molecule has 0 saturated carbocycles. The van der Waals surface area contributed by atoms with Crippen molar-refractivity contribution < 1.29 is 9.59 Å². The number of aromatic nitrogens is 3. The zero-order chi connectivity index (χ0) is 23.5. The molecule has 0 fully saturated rings. The number of carbonyl (C=O) groups excluding carboxylic acids is 2. The zero-order valence-electron chi connectivity index (χ0n) is 18.3. The van der Waals surface area contributed by atoms with E-state index in [1.807, 2.05) is 54.9 Å². The van der Waals surface area contributed by atoms with Gasteiger partial charge in [0.2, 0.25) is 0 Å². The fourth-order valence-electron chi connectivity index (χ4n) is 3.60. The highest BCUT2D eigenvalue weighted by atomic mass is 32.1. The van der Waals surface area contributed by atoms with E-state index in [0.717, 1.165) is 21.6 Å². The van der Waals surface area contributed by atoms with Crippen LogP contribution >= 0.6 is 11.3 Å². The van der Waals surface area contributed by atoms with Crippen molar-refractivity contribution in [3.05, 3.63) is 112 Å². The Morgan fingerprint density at radius 1 is 0.941 bits per heavy atom. The number of fused-ring (bicyclic) bond motifs is 1. The van der Waals surface area contributed by atoms with Crippen LogP contribution < -0.4 is 5.32 Å². The first-order valence-corrected chi connectivity index (χ1v) is 11.5. The molecule has 1 N–H and O–H groups in total. The number of ketones is 1. The molecule has 34 heavy (non-hydrogen) atoms. The summed E-state index contributed by atoms with van der Waals surface area (Å²) in [5.74, 6) is -0.359. The molecule has 5 aromatic rings.